The highest BCUT2D eigenvalue weighted by Gasteiger charge is 2.33. The van der Waals surface area contributed by atoms with E-state index in [2.05, 4.69) is 64.1 Å². The van der Waals surface area contributed by atoms with Crippen LogP contribution in [-0.2, 0) is 16.8 Å². The molecular weight excluding hydrogens is 434 g/mol. The molecule has 1 fully saturated rings. The van der Waals surface area contributed by atoms with Gasteiger partial charge in [-0.25, -0.2) is 0 Å². The highest BCUT2D eigenvalue weighted by molar-refractivity contribution is 5.78. The molecule has 4 nitrogen and oxygen atoms in total. The number of aliphatic hydroxyl groups is 1. The van der Waals surface area contributed by atoms with E-state index in [-0.39, 0.29) is 22.8 Å². The Labute approximate surface area is 212 Å². The summed E-state index contributed by atoms with van der Waals surface area (Å²) in [6, 6.07) is 13.3. The molecule has 2 atom stereocenters. The van der Waals surface area contributed by atoms with Crippen molar-refractivity contribution in [3.8, 4) is 5.75 Å². The predicted molar refractivity (Wildman–Crippen MR) is 144 cm³/mol. The smallest absolute Gasteiger partial charge is 0.222 e. The van der Waals surface area contributed by atoms with Gasteiger partial charge >= 0.3 is 0 Å². The molecule has 1 aliphatic heterocycles. The molecule has 0 aliphatic carbocycles. The zero-order valence-electron chi connectivity index (χ0n) is 23.1. The standard InChI is InChI=1S/C31H45NO3/c1-9-31(10-2,25-14-13-24(21(3)18-25)20-32-17-11-12-28(32)33)26-15-16-27(22(4)19-26)35-23(5)29(34)30(6,7)8/h13-16,18-19,23,29,34H,9-12,17,20H2,1-8H3. The Hall–Kier alpha value is -2.33. The zero-order valence-corrected chi connectivity index (χ0v) is 23.1. The summed E-state index contributed by atoms with van der Waals surface area (Å²) in [6.45, 7) is 18.4. The van der Waals surface area contributed by atoms with Crippen molar-refractivity contribution in [1.29, 1.82) is 0 Å². The van der Waals surface area contributed by atoms with Gasteiger partial charge in [-0.2, -0.15) is 0 Å². The Kier molecular flexibility index (Phi) is 8.36. The number of carbonyl (C=O) groups is 1. The summed E-state index contributed by atoms with van der Waals surface area (Å²) in [5.41, 5.74) is 5.85. The van der Waals surface area contributed by atoms with Crippen molar-refractivity contribution in [2.45, 2.75) is 105 Å². The van der Waals surface area contributed by atoms with E-state index in [1.165, 1.54) is 22.3 Å². The van der Waals surface area contributed by atoms with Gasteiger partial charge in [0.15, 0.2) is 0 Å². The number of amides is 1. The Morgan fingerprint density at radius 3 is 2.09 bits per heavy atom. The highest BCUT2D eigenvalue weighted by atomic mass is 16.5. The average Bonchev–Trinajstić information content (AvgIpc) is 3.21. The SMILES string of the molecule is CCC(CC)(c1ccc(CN2CCCC2=O)c(C)c1)c1ccc(OC(C)C(O)C(C)(C)C)c(C)c1. The number of hydrogen-bond acceptors (Lipinski definition) is 3. The zero-order chi connectivity index (χ0) is 26.0. The summed E-state index contributed by atoms with van der Waals surface area (Å²) >= 11 is 0. The molecule has 0 spiro atoms. The van der Waals surface area contributed by atoms with E-state index >= 15 is 0 Å². The highest BCUT2D eigenvalue weighted by Crippen LogP contribution is 2.41. The molecule has 2 aromatic carbocycles. The molecule has 1 aliphatic rings. The van der Waals surface area contributed by atoms with Gasteiger partial charge in [0.25, 0.3) is 0 Å². The molecule has 1 heterocycles. The van der Waals surface area contributed by atoms with E-state index < -0.39 is 6.10 Å². The Balaban J connectivity index is 1.88. The summed E-state index contributed by atoms with van der Waals surface area (Å²) in [5.74, 6) is 1.10. The van der Waals surface area contributed by atoms with Crippen LogP contribution in [0.15, 0.2) is 36.4 Å². The number of aliphatic hydroxyl groups excluding tert-OH is 1. The van der Waals surface area contributed by atoms with Gasteiger partial charge in [0.05, 0.1) is 6.10 Å². The van der Waals surface area contributed by atoms with Crippen LogP contribution in [0.4, 0.5) is 0 Å². The lowest BCUT2D eigenvalue weighted by molar-refractivity contribution is -0.128. The molecule has 1 N–H and O–H groups in total. The van der Waals surface area contributed by atoms with E-state index in [1.54, 1.807) is 0 Å². The number of nitrogens with zero attached hydrogens (tertiary/aromatic N) is 1. The topological polar surface area (TPSA) is 49.8 Å². The molecule has 0 bridgehead atoms. The number of carbonyl (C=O) groups excluding carboxylic acids is 1. The van der Waals surface area contributed by atoms with Crippen molar-refractivity contribution in [1.82, 2.24) is 4.90 Å². The van der Waals surface area contributed by atoms with Crippen LogP contribution in [0.3, 0.4) is 0 Å². The van der Waals surface area contributed by atoms with Crippen molar-refractivity contribution >= 4 is 5.91 Å². The monoisotopic (exact) mass is 479 g/mol. The summed E-state index contributed by atoms with van der Waals surface area (Å²) in [4.78, 5) is 14.1. The van der Waals surface area contributed by atoms with E-state index in [1.807, 2.05) is 32.6 Å². The van der Waals surface area contributed by atoms with Crippen LogP contribution in [0, 0.1) is 19.3 Å². The van der Waals surface area contributed by atoms with Crippen molar-refractivity contribution in [2.75, 3.05) is 6.54 Å². The quantitative estimate of drug-likeness (QED) is 0.435. The molecule has 192 valence electrons. The van der Waals surface area contributed by atoms with E-state index in [0.717, 1.165) is 37.1 Å². The first-order valence-electron chi connectivity index (χ1n) is 13.3. The molecule has 1 amide bonds. The lowest BCUT2D eigenvalue weighted by Gasteiger charge is -2.35. The van der Waals surface area contributed by atoms with Gasteiger partial charge in [-0.05, 0) is 79.3 Å². The van der Waals surface area contributed by atoms with Gasteiger partial charge in [0.2, 0.25) is 5.91 Å². The van der Waals surface area contributed by atoms with Crippen LogP contribution in [0.25, 0.3) is 0 Å². The first kappa shape index (κ1) is 27.3. The van der Waals surface area contributed by atoms with Crippen molar-refractivity contribution < 1.29 is 14.6 Å². The molecule has 2 aromatic rings. The summed E-state index contributed by atoms with van der Waals surface area (Å²) in [5, 5.41) is 10.6. The molecule has 0 saturated carbocycles. The lowest BCUT2D eigenvalue weighted by atomic mass is 9.70. The fourth-order valence-electron chi connectivity index (χ4n) is 5.53. The van der Waals surface area contributed by atoms with Gasteiger partial charge in [-0.1, -0.05) is 65.0 Å². The van der Waals surface area contributed by atoms with Crippen LogP contribution in [0.1, 0.15) is 95.0 Å². The number of likely N-dealkylation sites (tertiary alicyclic amines) is 1. The number of rotatable bonds is 9. The average molecular weight is 480 g/mol. The van der Waals surface area contributed by atoms with Crippen LogP contribution in [0.5, 0.6) is 5.75 Å². The summed E-state index contributed by atoms with van der Waals surface area (Å²) in [7, 11) is 0. The molecule has 3 rings (SSSR count). The van der Waals surface area contributed by atoms with Crippen LogP contribution in [-0.4, -0.2) is 34.7 Å². The van der Waals surface area contributed by atoms with Gasteiger partial charge in [0, 0.05) is 24.9 Å². The first-order chi connectivity index (χ1) is 16.4. The van der Waals surface area contributed by atoms with Crippen LogP contribution in [0.2, 0.25) is 0 Å². The third-order valence-corrected chi connectivity index (χ3v) is 8.01. The molecule has 0 radical (unpaired) electrons. The lowest BCUT2D eigenvalue weighted by Crippen LogP contribution is -2.39. The second-order valence-electron chi connectivity index (χ2n) is 11.5. The largest absolute Gasteiger partial charge is 0.488 e. The third-order valence-electron chi connectivity index (χ3n) is 8.01. The number of ether oxygens (including phenoxy) is 1. The number of benzene rings is 2. The minimum Gasteiger partial charge on any atom is -0.488 e. The first-order valence-corrected chi connectivity index (χ1v) is 13.3. The fraction of sp³-hybridized carbons (Fsp3) is 0.581. The van der Waals surface area contributed by atoms with Gasteiger partial charge in [0.1, 0.15) is 11.9 Å². The van der Waals surface area contributed by atoms with E-state index in [0.29, 0.717) is 13.0 Å². The van der Waals surface area contributed by atoms with Crippen molar-refractivity contribution in [2.24, 2.45) is 5.41 Å². The number of aryl methyl sites for hydroxylation is 2. The maximum absolute atomic E-state index is 12.1. The summed E-state index contributed by atoms with van der Waals surface area (Å²) in [6.07, 6.45) is 2.79. The molecule has 2 unspecified atom stereocenters. The molecule has 35 heavy (non-hydrogen) atoms. The minimum atomic E-state index is -0.552. The third kappa shape index (κ3) is 5.74. The van der Waals surface area contributed by atoms with Crippen LogP contribution >= 0.6 is 0 Å². The second kappa shape index (κ2) is 10.7. The molecule has 0 aromatic heterocycles. The molecule has 4 heteroatoms. The summed E-state index contributed by atoms with van der Waals surface area (Å²) < 4.78 is 6.20. The van der Waals surface area contributed by atoms with Crippen LogP contribution < -0.4 is 4.74 Å². The van der Waals surface area contributed by atoms with Gasteiger partial charge in [-0.15, -0.1) is 0 Å². The Morgan fingerprint density at radius 1 is 1.00 bits per heavy atom. The Bertz CT molecular complexity index is 1030. The fourth-order valence-corrected chi connectivity index (χ4v) is 5.53. The maximum Gasteiger partial charge on any atom is 0.222 e. The van der Waals surface area contributed by atoms with Gasteiger partial charge < -0.3 is 14.7 Å². The Morgan fingerprint density at radius 2 is 1.60 bits per heavy atom. The normalized spacial score (nSPS) is 16.5. The molecule has 1 saturated heterocycles. The second-order valence-corrected chi connectivity index (χ2v) is 11.5. The molecular formula is C31H45NO3. The van der Waals surface area contributed by atoms with Crippen molar-refractivity contribution in [3.05, 3.63) is 64.2 Å². The minimum absolute atomic E-state index is 0.0907. The number of hydrogen-bond donors (Lipinski definition) is 1. The van der Waals surface area contributed by atoms with Gasteiger partial charge in [-0.3, -0.25) is 4.79 Å². The van der Waals surface area contributed by atoms with E-state index in [9.17, 15) is 9.90 Å². The maximum atomic E-state index is 12.1. The van der Waals surface area contributed by atoms with Crippen molar-refractivity contribution in [3.63, 3.8) is 0 Å². The predicted octanol–water partition coefficient (Wildman–Crippen LogP) is 6.71. The van der Waals surface area contributed by atoms with E-state index in [4.69, 9.17) is 4.74 Å².